The van der Waals surface area contributed by atoms with Crippen molar-refractivity contribution in [3.63, 3.8) is 0 Å². The van der Waals surface area contributed by atoms with Crippen LogP contribution in [0.25, 0.3) is 0 Å². The smallest absolute Gasteiger partial charge is 0.231 e. The fourth-order valence-electron chi connectivity index (χ4n) is 2.64. The van der Waals surface area contributed by atoms with E-state index in [9.17, 15) is 9.90 Å². The Kier molecular flexibility index (Phi) is 6.40. The molecule has 0 saturated heterocycles. The highest BCUT2D eigenvalue weighted by atomic mass is 32.1. The van der Waals surface area contributed by atoms with Crippen LogP contribution in [0.2, 0.25) is 0 Å². The Balaban J connectivity index is 2.36. The molecule has 3 N–H and O–H groups in total. The van der Waals surface area contributed by atoms with Crippen LogP contribution in [-0.2, 0) is 4.79 Å². The fraction of sp³-hybridized carbons (Fsp3) is 0.867. The minimum atomic E-state index is -1.04. The third kappa shape index (κ3) is 5.37. The molecule has 4 nitrogen and oxygen atoms in total. The maximum Gasteiger partial charge on any atom is 0.231 e. The fourth-order valence-corrected chi connectivity index (χ4v) is 2.91. The van der Waals surface area contributed by atoms with Gasteiger partial charge < -0.3 is 15.7 Å². The zero-order chi connectivity index (χ0) is 15.3. The SMILES string of the molecule is CCC[C@@H]1CC[C@@H](NC(=S)NC(=O)[C@H](C)C(C)(C)O)C1. The normalized spacial score (nSPS) is 24.2. The van der Waals surface area contributed by atoms with Gasteiger partial charge in [0.05, 0.1) is 11.5 Å². The van der Waals surface area contributed by atoms with E-state index in [0.717, 1.165) is 18.8 Å². The summed E-state index contributed by atoms with van der Waals surface area (Å²) in [6.45, 7) is 7.16. The standard InChI is InChI=1S/C15H28N2O2S/c1-5-6-11-7-8-12(9-11)16-14(20)17-13(18)10(2)15(3,4)19/h10-12,19H,5-9H2,1-4H3,(H2,16,17,18,20)/t10-,11+,12+/m0/s1. The Morgan fingerprint density at radius 1 is 1.45 bits per heavy atom. The molecular weight excluding hydrogens is 272 g/mol. The third-order valence-electron chi connectivity index (χ3n) is 4.26. The predicted octanol–water partition coefficient (Wildman–Crippen LogP) is 2.35. The van der Waals surface area contributed by atoms with Gasteiger partial charge in [0.25, 0.3) is 0 Å². The van der Waals surface area contributed by atoms with Crippen molar-refractivity contribution in [3.05, 3.63) is 0 Å². The highest BCUT2D eigenvalue weighted by Crippen LogP contribution is 2.29. The Hall–Kier alpha value is -0.680. The molecule has 0 aromatic rings. The molecular formula is C15H28N2O2S. The Morgan fingerprint density at radius 3 is 2.65 bits per heavy atom. The molecule has 116 valence electrons. The first kappa shape index (κ1) is 17.4. The second-order valence-electron chi connectivity index (χ2n) is 6.50. The van der Waals surface area contributed by atoms with E-state index >= 15 is 0 Å². The minimum absolute atomic E-state index is 0.238. The van der Waals surface area contributed by atoms with Crippen LogP contribution in [0.15, 0.2) is 0 Å². The number of rotatable bonds is 5. The van der Waals surface area contributed by atoms with Gasteiger partial charge in [-0.05, 0) is 51.2 Å². The van der Waals surface area contributed by atoms with E-state index in [2.05, 4.69) is 17.6 Å². The van der Waals surface area contributed by atoms with Crippen LogP contribution in [0.5, 0.6) is 0 Å². The molecule has 1 saturated carbocycles. The lowest BCUT2D eigenvalue weighted by molar-refractivity contribution is -0.129. The van der Waals surface area contributed by atoms with Crippen molar-refractivity contribution in [1.29, 1.82) is 0 Å². The molecule has 0 aromatic heterocycles. The van der Waals surface area contributed by atoms with E-state index in [1.54, 1.807) is 20.8 Å². The van der Waals surface area contributed by atoms with Crippen molar-refractivity contribution < 1.29 is 9.90 Å². The van der Waals surface area contributed by atoms with Gasteiger partial charge in [-0.25, -0.2) is 0 Å². The van der Waals surface area contributed by atoms with E-state index in [-0.39, 0.29) is 5.91 Å². The largest absolute Gasteiger partial charge is 0.390 e. The second kappa shape index (κ2) is 7.36. The van der Waals surface area contributed by atoms with Crippen molar-refractivity contribution in [2.75, 3.05) is 0 Å². The summed E-state index contributed by atoms with van der Waals surface area (Å²) in [5.74, 6) is 0.0445. The Labute approximate surface area is 127 Å². The van der Waals surface area contributed by atoms with Crippen LogP contribution in [0, 0.1) is 11.8 Å². The van der Waals surface area contributed by atoms with Gasteiger partial charge in [0.2, 0.25) is 5.91 Å². The molecule has 1 rings (SSSR count). The van der Waals surface area contributed by atoms with E-state index in [1.807, 2.05) is 0 Å². The van der Waals surface area contributed by atoms with Crippen LogP contribution < -0.4 is 10.6 Å². The quantitative estimate of drug-likeness (QED) is 0.682. The Morgan fingerprint density at radius 2 is 2.10 bits per heavy atom. The first-order chi connectivity index (χ1) is 9.24. The van der Waals surface area contributed by atoms with Crippen LogP contribution in [-0.4, -0.2) is 27.8 Å². The van der Waals surface area contributed by atoms with Crippen molar-refractivity contribution in [1.82, 2.24) is 10.6 Å². The maximum atomic E-state index is 11.9. The van der Waals surface area contributed by atoms with Gasteiger partial charge in [-0.1, -0.05) is 26.7 Å². The number of nitrogens with one attached hydrogen (secondary N) is 2. The summed E-state index contributed by atoms with van der Waals surface area (Å²) in [4.78, 5) is 11.9. The lowest BCUT2D eigenvalue weighted by Crippen LogP contribution is -2.48. The number of carbonyl (C=O) groups is 1. The van der Waals surface area contributed by atoms with Crippen LogP contribution in [0.4, 0.5) is 0 Å². The number of amides is 1. The van der Waals surface area contributed by atoms with Gasteiger partial charge in [0, 0.05) is 6.04 Å². The predicted molar refractivity (Wildman–Crippen MR) is 85.4 cm³/mol. The van der Waals surface area contributed by atoms with Gasteiger partial charge in [-0.15, -0.1) is 0 Å². The average Bonchev–Trinajstić information content (AvgIpc) is 2.74. The topological polar surface area (TPSA) is 61.4 Å². The first-order valence-corrected chi connectivity index (χ1v) is 7.98. The average molecular weight is 300 g/mol. The number of thiocarbonyl (C=S) groups is 1. The number of hydrogen-bond acceptors (Lipinski definition) is 3. The van der Waals surface area contributed by atoms with E-state index in [0.29, 0.717) is 11.2 Å². The number of hydrogen-bond donors (Lipinski definition) is 3. The van der Waals surface area contributed by atoms with Crippen molar-refractivity contribution in [2.45, 2.75) is 71.4 Å². The van der Waals surface area contributed by atoms with E-state index in [4.69, 9.17) is 12.2 Å². The molecule has 0 heterocycles. The molecule has 1 fully saturated rings. The summed E-state index contributed by atoms with van der Waals surface area (Å²) < 4.78 is 0. The third-order valence-corrected chi connectivity index (χ3v) is 4.48. The van der Waals surface area contributed by atoms with Gasteiger partial charge in [-0.3, -0.25) is 4.79 Å². The molecule has 0 aromatic carbocycles. The highest BCUT2D eigenvalue weighted by Gasteiger charge is 2.30. The summed E-state index contributed by atoms with van der Waals surface area (Å²) in [5, 5.41) is 16.1. The lowest BCUT2D eigenvalue weighted by Gasteiger charge is -2.25. The van der Waals surface area contributed by atoms with Gasteiger partial charge in [-0.2, -0.15) is 0 Å². The molecule has 3 atom stereocenters. The van der Waals surface area contributed by atoms with Crippen LogP contribution >= 0.6 is 12.2 Å². The van der Waals surface area contributed by atoms with Crippen molar-refractivity contribution in [2.24, 2.45) is 11.8 Å². The molecule has 20 heavy (non-hydrogen) atoms. The van der Waals surface area contributed by atoms with Crippen LogP contribution in [0.3, 0.4) is 0 Å². The number of aliphatic hydroxyl groups is 1. The zero-order valence-electron chi connectivity index (χ0n) is 13.0. The zero-order valence-corrected chi connectivity index (χ0v) is 13.8. The van der Waals surface area contributed by atoms with Gasteiger partial charge in [0.1, 0.15) is 0 Å². The molecule has 0 bridgehead atoms. The summed E-state index contributed by atoms with van der Waals surface area (Å²) >= 11 is 5.19. The van der Waals surface area contributed by atoms with Crippen molar-refractivity contribution >= 4 is 23.2 Å². The summed E-state index contributed by atoms with van der Waals surface area (Å²) in [7, 11) is 0. The van der Waals surface area contributed by atoms with Crippen LogP contribution in [0.1, 0.15) is 59.8 Å². The second-order valence-corrected chi connectivity index (χ2v) is 6.91. The molecule has 5 heteroatoms. The molecule has 0 radical (unpaired) electrons. The molecule has 1 amide bonds. The molecule has 0 spiro atoms. The summed E-state index contributed by atoms with van der Waals surface area (Å²) in [6.07, 6.45) is 5.98. The molecule has 0 unspecified atom stereocenters. The van der Waals surface area contributed by atoms with Crippen molar-refractivity contribution in [3.8, 4) is 0 Å². The monoisotopic (exact) mass is 300 g/mol. The maximum absolute atomic E-state index is 11.9. The van der Waals surface area contributed by atoms with E-state index in [1.165, 1.54) is 19.3 Å². The molecule has 1 aliphatic rings. The first-order valence-electron chi connectivity index (χ1n) is 7.57. The molecule has 1 aliphatic carbocycles. The van der Waals surface area contributed by atoms with Gasteiger partial charge >= 0.3 is 0 Å². The number of carbonyl (C=O) groups excluding carboxylic acids is 1. The summed E-state index contributed by atoms with van der Waals surface area (Å²) in [5.41, 5.74) is -1.04. The molecule has 0 aliphatic heterocycles. The summed E-state index contributed by atoms with van der Waals surface area (Å²) in [6, 6.07) is 0.372. The lowest BCUT2D eigenvalue weighted by atomic mass is 9.92. The van der Waals surface area contributed by atoms with E-state index < -0.39 is 11.5 Å². The highest BCUT2D eigenvalue weighted by molar-refractivity contribution is 7.80. The Bertz CT molecular complexity index is 352. The van der Waals surface area contributed by atoms with Gasteiger partial charge in [0.15, 0.2) is 5.11 Å². The minimum Gasteiger partial charge on any atom is -0.390 e.